The number of carboxylic acids is 1. The van der Waals surface area contributed by atoms with Crippen LogP contribution >= 0.6 is 0 Å². The molecule has 2 heterocycles. The summed E-state index contributed by atoms with van der Waals surface area (Å²) in [5.41, 5.74) is 1.14. The molecule has 1 saturated carbocycles. The maximum atomic E-state index is 10.8. The summed E-state index contributed by atoms with van der Waals surface area (Å²) in [5, 5.41) is 9.73. The lowest BCUT2D eigenvalue weighted by Crippen LogP contribution is -1.98. The molecular weight excluding hydrogens is 192 g/mol. The fourth-order valence-corrected chi connectivity index (χ4v) is 1.81. The van der Waals surface area contributed by atoms with Gasteiger partial charge in [0.1, 0.15) is 5.65 Å². The van der Waals surface area contributed by atoms with Crippen LogP contribution in [0.3, 0.4) is 0 Å². The molecule has 0 aromatic carbocycles. The molecule has 0 spiro atoms. The predicted molar refractivity (Wildman–Crippen MR) is 55.0 cm³/mol. The molecule has 0 bridgehead atoms. The number of aromatic nitrogens is 2. The van der Waals surface area contributed by atoms with Crippen LogP contribution < -0.4 is 0 Å². The van der Waals surface area contributed by atoms with E-state index in [1.807, 2.05) is 12.3 Å². The van der Waals surface area contributed by atoms with E-state index in [1.165, 1.54) is 19.0 Å². The summed E-state index contributed by atoms with van der Waals surface area (Å²) in [6.07, 6.45) is 5.81. The quantitative estimate of drug-likeness (QED) is 0.811. The standard InChI is InChI=1S/C11H10N2O2/c14-11(15)8-5-7-3-4-13(9-1-2-9)10(7)12-6-8/h3-6,9H,1-2H2,(H,14,15). The minimum Gasteiger partial charge on any atom is -0.478 e. The van der Waals surface area contributed by atoms with Gasteiger partial charge in [0.25, 0.3) is 0 Å². The first-order chi connectivity index (χ1) is 7.25. The normalized spacial score (nSPS) is 15.7. The third-order valence-corrected chi connectivity index (χ3v) is 2.74. The van der Waals surface area contributed by atoms with Gasteiger partial charge in [0.2, 0.25) is 0 Å². The highest BCUT2D eigenvalue weighted by Gasteiger charge is 2.24. The van der Waals surface area contributed by atoms with Crippen LogP contribution in [-0.2, 0) is 0 Å². The Morgan fingerprint density at radius 2 is 2.33 bits per heavy atom. The Bertz CT molecular complexity index is 541. The van der Waals surface area contributed by atoms with Crippen molar-refractivity contribution in [2.24, 2.45) is 0 Å². The summed E-state index contributed by atoms with van der Waals surface area (Å²) in [7, 11) is 0. The number of pyridine rings is 1. The molecule has 2 aromatic heterocycles. The summed E-state index contributed by atoms with van der Waals surface area (Å²) in [4.78, 5) is 15.0. The predicted octanol–water partition coefficient (Wildman–Crippen LogP) is 2.07. The van der Waals surface area contributed by atoms with Gasteiger partial charge >= 0.3 is 5.97 Å². The van der Waals surface area contributed by atoms with Gasteiger partial charge < -0.3 is 9.67 Å². The van der Waals surface area contributed by atoms with Gasteiger partial charge in [0, 0.05) is 23.8 Å². The first-order valence-electron chi connectivity index (χ1n) is 4.95. The zero-order chi connectivity index (χ0) is 10.4. The van der Waals surface area contributed by atoms with Gasteiger partial charge in [-0.15, -0.1) is 0 Å². The molecule has 0 atom stereocenters. The van der Waals surface area contributed by atoms with Crippen LogP contribution in [0.15, 0.2) is 24.5 Å². The van der Waals surface area contributed by atoms with Crippen LogP contribution in [0.25, 0.3) is 11.0 Å². The van der Waals surface area contributed by atoms with Crippen molar-refractivity contribution in [2.75, 3.05) is 0 Å². The van der Waals surface area contributed by atoms with Crippen molar-refractivity contribution in [3.63, 3.8) is 0 Å². The molecule has 15 heavy (non-hydrogen) atoms. The number of fused-ring (bicyclic) bond motifs is 1. The smallest absolute Gasteiger partial charge is 0.337 e. The van der Waals surface area contributed by atoms with Gasteiger partial charge in [-0.05, 0) is 25.0 Å². The van der Waals surface area contributed by atoms with Gasteiger partial charge in [-0.1, -0.05) is 0 Å². The second-order valence-electron chi connectivity index (χ2n) is 3.90. The number of hydrogen-bond donors (Lipinski definition) is 1. The summed E-state index contributed by atoms with van der Waals surface area (Å²) in [6, 6.07) is 4.17. The molecule has 3 rings (SSSR count). The minimum atomic E-state index is -0.927. The maximum Gasteiger partial charge on any atom is 0.337 e. The minimum absolute atomic E-state index is 0.246. The van der Waals surface area contributed by atoms with Crippen LogP contribution in [0, 0.1) is 0 Å². The van der Waals surface area contributed by atoms with Gasteiger partial charge in [-0.25, -0.2) is 9.78 Å². The molecule has 1 fully saturated rings. The highest BCUT2D eigenvalue weighted by Crippen LogP contribution is 2.37. The molecule has 1 aliphatic carbocycles. The molecule has 0 unspecified atom stereocenters. The summed E-state index contributed by atoms with van der Waals surface area (Å²) >= 11 is 0. The van der Waals surface area contributed by atoms with Crippen LogP contribution in [0.4, 0.5) is 0 Å². The zero-order valence-corrected chi connectivity index (χ0v) is 8.05. The Labute approximate surface area is 86.2 Å². The number of carboxylic acid groups (broad SMARTS) is 1. The highest BCUT2D eigenvalue weighted by atomic mass is 16.4. The lowest BCUT2D eigenvalue weighted by Gasteiger charge is -2.01. The van der Waals surface area contributed by atoms with E-state index in [2.05, 4.69) is 9.55 Å². The van der Waals surface area contributed by atoms with E-state index in [4.69, 9.17) is 5.11 Å². The number of rotatable bonds is 2. The lowest BCUT2D eigenvalue weighted by atomic mass is 10.2. The van der Waals surface area contributed by atoms with Gasteiger partial charge in [-0.2, -0.15) is 0 Å². The van der Waals surface area contributed by atoms with E-state index < -0.39 is 5.97 Å². The second kappa shape index (κ2) is 2.82. The molecule has 0 amide bonds. The van der Waals surface area contributed by atoms with E-state index >= 15 is 0 Å². The van der Waals surface area contributed by atoms with Crippen molar-refractivity contribution in [3.05, 3.63) is 30.1 Å². The van der Waals surface area contributed by atoms with E-state index in [-0.39, 0.29) is 5.56 Å². The van der Waals surface area contributed by atoms with Gasteiger partial charge in [0.15, 0.2) is 0 Å². The molecule has 0 aliphatic heterocycles. The average molecular weight is 202 g/mol. The summed E-state index contributed by atoms with van der Waals surface area (Å²) < 4.78 is 2.13. The Hall–Kier alpha value is -1.84. The van der Waals surface area contributed by atoms with Crippen molar-refractivity contribution < 1.29 is 9.90 Å². The third kappa shape index (κ3) is 1.29. The van der Waals surface area contributed by atoms with Crippen LogP contribution in [0.2, 0.25) is 0 Å². The largest absolute Gasteiger partial charge is 0.478 e. The Kier molecular flexibility index (Phi) is 1.59. The van der Waals surface area contributed by atoms with E-state index in [1.54, 1.807) is 6.07 Å². The van der Waals surface area contributed by atoms with Crippen LogP contribution in [0.5, 0.6) is 0 Å². The average Bonchev–Trinajstić information content (AvgIpc) is 2.98. The number of aromatic carboxylic acids is 1. The van der Waals surface area contributed by atoms with Crippen molar-refractivity contribution in [1.82, 2.24) is 9.55 Å². The van der Waals surface area contributed by atoms with Crippen LogP contribution in [-0.4, -0.2) is 20.6 Å². The first-order valence-corrected chi connectivity index (χ1v) is 4.95. The Morgan fingerprint density at radius 1 is 1.53 bits per heavy atom. The van der Waals surface area contributed by atoms with Crippen LogP contribution in [0.1, 0.15) is 29.2 Å². The van der Waals surface area contributed by atoms with E-state index in [0.29, 0.717) is 6.04 Å². The number of hydrogen-bond acceptors (Lipinski definition) is 2. The molecular formula is C11H10N2O2. The molecule has 4 nitrogen and oxygen atoms in total. The summed E-state index contributed by atoms with van der Waals surface area (Å²) in [6.45, 7) is 0. The molecule has 0 saturated heterocycles. The van der Waals surface area contributed by atoms with E-state index in [0.717, 1.165) is 11.0 Å². The fraction of sp³-hybridized carbons (Fsp3) is 0.273. The SMILES string of the molecule is O=C(O)c1cnc2c(ccn2C2CC2)c1. The number of carbonyl (C=O) groups is 1. The summed E-state index contributed by atoms with van der Waals surface area (Å²) in [5.74, 6) is -0.927. The fourth-order valence-electron chi connectivity index (χ4n) is 1.81. The molecule has 76 valence electrons. The second-order valence-corrected chi connectivity index (χ2v) is 3.90. The number of nitrogens with zero attached hydrogens (tertiary/aromatic N) is 2. The van der Waals surface area contributed by atoms with Gasteiger partial charge in [-0.3, -0.25) is 0 Å². The van der Waals surface area contributed by atoms with Crippen molar-refractivity contribution >= 4 is 17.0 Å². The molecule has 4 heteroatoms. The zero-order valence-electron chi connectivity index (χ0n) is 8.05. The Morgan fingerprint density at radius 3 is 3.00 bits per heavy atom. The topological polar surface area (TPSA) is 55.1 Å². The lowest BCUT2D eigenvalue weighted by molar-refractivity contribution is 0.0696. The molecule has 0 radical (unpaired) electrons. The Balaban J connectivity index is 2.17. The monoisotopic (exact) mass is 202 g/mol. The highest BCUT2D eigenvalue weighted by molar-refractivity contribution is 5.91. The molecule has 1 N–H and O–H groups in total. The molecule has 1 aliphatic rings. The van der Waals surface area contributed by atoms with Crippen molar-refractivity contribution in [3.8, 4) is 0 Å². The molecule has 2 aromatic rings. The van der Waals surface area contributed by atoms with Crippen molar-refractivity contribution in [1.29, 1.82) is 0 Å². The van der Waals surface area contributed by atoms with Gasteiger partial charge in [0.05, 0.1) is 5.56 Å². The maximum absolute atomic E-state index is 10.8. The van der Waals surface area contributed by atoms with Crippen molar-refractivity contribution in [2.45, 2.75) is 18.9 Å². The third-order valence-electron chi connectivity index (χ3n) is 2.74. The first kappa shape index (κ1) is 8.47. The van der Waals surface area contributed by atoms with E-state index in [9.17, 15) is 4.79 Å².